The molecule has 0 aromatic heterocycles. The Morgan fingerprint density at radius 3 is 2.50 bits per heavy atom. The van der Waals surface area contributed by atoms with Gasteiger partial charge in [0.2, 0.25) is 0 Å². The molecule has 16 heavy (non-hydrogen) atoms. The lowest BCUT2D eigenvalue weighted by molar-refractivity contribution is -0.146. The van der Waals surface area contributed by atoms with Gasteiger partial charge in [0.05, 0.1) is 6.10 Å². The molecule has 0 aromatic rings. The Labute approximate surface area is 93.8 Å². The molecule has 1 unspecified atom stereocenters. The number of aliphatic hydroxyl groups excluding tert-OH is 1. The van der Waals surface area contributed by atoms with Gasteiger partial charge in [-0.3, -0.25) is 0 Å². The molecule has 0 bridgehead atoms. The monoisotopic (exact) mass is 234 g/mol. The zero-order valence-electron chi connectivity index (χ0n) is 9.40. The molecule has 2 amide bonds. The topological polar surface area (TPSA) is 108 Å². The summed E-state index contributed by atoms with van der Waals surface area (Å²) < 4.78 is 4.91. The predicted molar refractivity (Wildman–Crippen MR) is 56.1 cm³/mol. The van der Waals surface area contributed by atoms with Crippen LogP contribution in [0.3, 0.4) is 0 Å². The number of rotatable bonds is 7. The van der Waals surface area contributed by atoms with Gasteiger partial charge >= 0.3 is 12.0 Å². The molecular formula is C9H18N2O5. The first-order chi connectivity index (χ1) is 7.47. The van der Waals surface area contributed by atoms with Crippen molar-refractivity contribution in [3.05, 3.63) is 0 Å². The van der Waals surface area contributed by atoms with Gasteiger partial charge in [-0.25, -0.2) is 9.59 Å². The number of carbonyl (C=O) groups excluding carboxylic acids is 1. The molecule has 94 valence electrons. The van der Waals surface area contributed by atoms with Crippen LogP contribution >= 0.6 is 0 Å². The number of nitrogens with one attached hydrogen (secondary N) is 2. The van der Waals surface area contributed by atoms with Crippen LogP contribution in [0.1, 0.15) is 13.3 Å². The zero-order chi connectivity index (χ0) is 12.6. The van der Waals surface area contributed by atoms with Gasteiger partial charge in [0.25, 0.3) is 0 Å². The molecule has 7 nitrogen and oxygen atoms in total. The van der Waals surface area contributed by atoms with Crippen LogP contribution in [0.2, 0.25) is 0 Å². The fraction of sp³-hybridized carbons (Fsp3) is 0.778. The van der Waals surface area contributed by atoms with E-state index in [9.17, 15) is 9.59 Å². The third kappa shape index (κ3) is 7.02. The molecule has 0 radical (unpaired) electrons. The lowest BCUT2D eigenvalue weighted by Gasteiger charge is -2.12. The number of aliphatic carboxylic acids is 1. The van der Waals surface area contributed by atoms with E-state index in [1.807, 2.05) is 0 Å². The summed E-state index contributed by atoms with van der Waals surface area (Å²) in [5.41, 5.74) is 0. The Morgan fingerprint density at radius 2 is 2.00 bits per heavy atom. The summed E-state index contributed by atoms with van der Waals surface area (Å²) in [5, 5.41) is 22.2. The standard InChI is InChI=1S/C9H18N2O5/c1-6(16-2)5-11-9(15)10-4-3-7(12)8(13)14/h6-7,12H,3-5H2,1-2H3,(H,13,14)(H2,10,11,15)/t6?,7-/m0/s1. The van der Waals surface area contributed by atoms with Crippen LogP contribution < -0.4 is 10.6 Å². The molecule has 0 saturated carbocycles. The van der Waals surface area contributed by atoms with Crippen molar-refractivity contribution in [2.75, 3.05) is 20.2 Å². The van der Waals surface area contributed by atoms with Crippen LogP contribution in [0.15, 0.2) is 0 Å². The average molecular weight is 234 g/mol. The first-order valence-corrected chi connectivity index (χ1v) is 4.92. The van der Waals surface area contributed by atoms with Crippen LogP contribution in [0.5, 0.6) is 0 Å². The minimum atomic E-state index is -1.45. The Bertz CT molecular complexity index is 234. The Balaban J connectivity index is 3.55. The highest BCUT2D eigenvalue weighted by molar-refractivity contribution is 5.74. The number of carbonyl (C=O) groups is 2. The first-order valence-electron chi connectivity index (χ1n) is 4.92. The molecule has 0 aliphatic heterocycles. The molecule has 0 aromatic carbocycles. The maximum atomic E-state index is 11.1. The van der Waals surface area contributed by atoms with E-state index in [4.69, 9.17) is 14.9 Å². The second kappa shape index (κ2) is 7.89. The minimum Gasteiger partial charge on any atom is -0.479 e. The molecule has 0 fully saturated rings. The van der Waals surface area contributed by atoms with Crippen molar-refractivity contribution in [2.24, 2.45) is 0 Å². The van der Waals surface area contributed by atoms with Crippen LogP contribution in [-0.4, -0.2) is 54.6 Å². The second-order valence-electron chi connectivity index (χ2n) is 3.33. The Morgan fingerprint density at radius 1 is 1.38 bits per heavy atom. The van der Waals surface area contributed by atoms with E-state index in [1.54, 1.807) is 6.92 Å². The molecule has 2 atom stereocenters. The molecule has 0 saturated heterocycles. The molecule has 7 heteroatoms. The van der Waals surface area contributed by atoms with E-state index in [0.717, 1.165) is 0 Å². The number of ether oxygens (including phenoxy) is 1. The molecule has 0 aliphatic carbocycles. The van der Waals surface area contributed by atoms with Crippen molar-refractivity contribution >= 4 is 12.0 Å². The van der Waals surface area contributed by atoms with Gasteiger partial charge in [0.1, 0.15) is 0 Å². The highest BCUT2D eigenvalue weighted by Gasteiger charge is 2.12. The summed E-state index contributed by atoms with van der Waals surface area (Å²) in [4.78, 5) is 21.3. The maximum Gasteiger partial charge on any atom is 0.332 e. The number of urea groups is 1. The summed E-state index contributed by atoms with van der Waals surface area (Å²) in [5.74, 6) is -1.30. The number of amides is 2. The highest BCUT2D eigenvalue weighted by atomic mass is 16.5. The van der Waals surface area contributed by atoms with Gasteiger partial charge in [-0.2, -0.15) is 0 Å². The fourth-order valence-electron chi connectivity index (χ4n) is 0.828. The summed E-state index contributed by atoms with van der Waals surface area (Å²) in [7, 11) is 1.54. The van der Waals surface area contributed by atoms with Crippen LogP contribution in [0.25, 0.3) is 0 Å². The van der Waals surface area contributed by atoms with Crippen LogP contribution in [0, 0.1) is 0 Å². The zero-order valence-corrected chi connectivity index (χ0v) is 9.40. The van der Waals surface area contributed by atoms with Gasteiger partial charge in [-0.15, -0.1) is 0 Å². The minimum absolute atomic E-state index is 0.0252. The lowest BCUT2D eigenvalue weighted by Crippen LogP contribution is -2.40. The van der Waals surface area contributed by atoms with Crippen molar-refractivity contribution < 1.29 is 24.5 Å². The number of carboxylic acids is 1. The number of carboxylic acid groups (broad SMARTS) is 1. The normalized spacial score (nSPS) is 13.9. The van der Waals surface area contributed by atoms with E-state index in [-0.39, 0.29) is 19.1 Å². The number of hydrogen-bond acceptors (Lipinski definition) is 4. The summed E-state index contributed by atoms with van der Waals surface area (Å²) in [6.07, 6.45) is -1.56. The molecule has 0 aliphatic rings. The largest absolute Gasteiger partial charge is 0.479 e. The third-order valence-electron chi connectivity index (χ3n) is 1.94. The first kappa shape index (κ1) is 14.7. The summed E-state index contributed by atoms with van der Waals surface area (Å²) in [6.45, 7) is 2.26. The van der Waals surface area contributed by atoms with E-state index in [1.165, 1.54) is 7.11 Å². The SMILES string of the molecule is COC(C)CNC(=O)NCC[C@H](O)C(=O)O. The Kier molecular flexibility index (Phi) is 7.23. The summed E-state index contributed by atoms with van der Waals surface area (Å²) in [6, 6.07) is -0.415. The number of aliphatic hydroxyl groups is 1. The molecule has 0 spiro atoms. The van der Waals surface area contributed by atoms with Crippen molar-refractivity contribution in [3.8, 4) is 0 Å². The van der Waals surface area contributed by atoms with Gasteiger partial charge in [-0.1, -0.05) is 0 Å². The van der Waals surface area contributed by atoms with Gasteiger partial charge in [-0.05, 0) is 6.92 Å². The van der Waals surface area contributed by atoms with Crippen LogP contribution in [-0.2, 0) is 9.53 Å². The smallest absolute Gasteiger partial charge is 0.332 e. The van der Waals surface area contributed by atoms with Gasteiger partial charge in [0.15, 0.2) is 6.10 Å². The average Bonchev–Trinajstić information content (AvgIpc) is 2.25. The van der Waals surface area contributed by atoms with Crippen molar-refractivity contribution in [3.63, 3.8) is 0 Å². The molecular weight excluding hydrogens is 216 g/mol. The third-order valence-corrected chi connectivity index (χ3v) is 1.94. The highest BCUT2D eigenvalue weighted by Crippen LogP contribution is 1.89. The number of hydrogen-bond donors (Lipinski definition) is 4. The maximum absolute atomic E-state index is 11.1. The van der Waals surface area contributed by atoms with E-state index < -0.39 is 18.1 Å². The lowest BCUT2D eigenvalue weighted by atomic mass is 10.2. The molecule has 0 rings (SSSR count). The quantitative estimate of drug-likeness (QED) is 0.459. The summed E-state index contributed by atoms with van der Waals surface area (Å²) >= 11 is 0. The van der Waals surface area contributed by atoms with Gasteiger partial charge in [0, 0.05) is 26.6 Å². The van der Waals surface area contributed by atoms with E-state index >= 15 is 0 Å². The predicted octanol–water partition coefficient (Wildman–Crippen LogP) is -0.844. The van der Waals surface area contributed by atoms with E-state index in [2.05, 4.69) is 10.6 Å². The molecule has 0 heterocycles. The fourth-order valence-corrected chi connectivity index (χ4v) is 0.828. The van der Waals surface area contributed by atoms with E-state index in [0.29, 0.717) is 6.54 Å². The second-order valence-corrected chi connectivity index (χ2v) is 3.33. The van der Waals surface area contributed by atoms with Crippen LogP contribution in [0.4, 0.5) is 4.79 Å². The number of methoxy groups -OCH3 is 1. The Hall–Kier alpha value is -1.34. The van der Waals surface area contributed by atoms with Crippen molar-refractivity contribution in [2.45, 2.75) is 25.6 Å². The van der Waals surface area contributed by atoms with Crippen molar-refractivity contribution in [1.82, 2.24) is 10.6 Å². The van der Waals surface area contributed by atoms with Crippen molar-refractivity contribution in [1.29, 1.82) is 0 Å². The van der Waals surface area contributed by atoms with Gasteiger partial charge < -0.3 is 25.6 Å². The molecule has 4 N–H and O–H groups in total.